The molecular formula is C19H14FNO2S2. The second kappa shape index (κ2) is 8.09. The van der Waals surface area contributed by atoms with Gasteiger partial charge in [0, 0.05) is 16.1 Å². The summed E-state index contributed by atoms with van der Waals surface area (Å²) in [7, 11) is 0. The zero-order valence-corrected chi connectivity index (χ0v) is 14.7. The minimum Gasteiger partial charge on any atom is -0.322 e. The number of thiophene rings is 1. The number of benzene rings is 2. The van der Waals surface area contributed by atoms with Gasteiger partial charge in [0.15, 0.2) is 5.78 Å². The number of halogens is 1. The van der Waals surface area contributed by atoms with Crippen molar-refractivity contribution in [3.05, 3.63) is 82.3 Å². The molecule has 0 atom stereocenters. The van der Waals surface area contributed by atoms with E-state index < -0.39 is 0 Å². The SMILES string of the molecule is O=C(Nc1cccc(SCC(=O)c2cccs2)c1)c1ccc(F)cc1. The van der Waals surface area contributed by atoms with Gasteiger partial charge in [0.25, 0.3) is 5.91 Å². The number of carbonyl (C=O) groups excluding carboxylic acids is 2. The maximum atomic E-state index is 12.9. The number of Topliss-reactive ketones (excluding diaryl/α,β-unsaturated/α-hetero) is 1. The molecule has 0 aliphatic heterocycles. The molecule has 126 valence electrons. The van der Waals surface area contributed by atoms with Crippen LogP contribution in [0.4, 0.5) is 10.1 Å². The first-order chi connectivity index (χ1) is 12.1. The molecule has 3 nitrogen and oxygen atoms in total. The molecule has 1 amide bonds. The van der Waals surface area contributed by atoms with Gasteiger partial charge in [0.1, 0.15) is 5.82 Å². The summed E-state index contributed by atoms with van der Waals surface area (Å²) in [5.74, 6) is -0.265. The quantitative estimate of drug-likeness (QED) is 0.483. The van der Waals surface area contributed by atoms with Crippen molar-refractivity contribution in [1.82, 2.24) is 0 Å². The van der Waals surface area contributed by atoms with Crippen LogP contribution in [0.3, 0.4) is 0 Å². The predicted octanol–water partition coefficient (Wildman–Crippen LogP) is 5.11. The number of hydrogen-bond acceptors (Lipinski definition) is 4. The average Bonchev–Trinajstić information content (AvgIpc) is 3.15. The number of thioether (sulfide) groups is 1. The lowest BCUT2D eigenvalue weighted by Crippen LogP contribution is -2.11. The van der Waals surface area contributed by atoms with Crippen LogP contribution >= 0.6 is 23.1 Å². The van der Waals surface area contributed by atoms with Crippen LogP contribution in [0.25, 0.3) is 0 Å². The third-order valence-electron chi connectivity index (χ3n) is 3.36. The summed E-state index contributed by atoms with van der Waals surface area (Å²) in [6.45, 7) is 0. The van der Waals surface area contributed by atoms with Crippen LogP contribution in [0.2, 0.25) is 0 Å². The minimum absolute atomic E-state index is 0.0840. The predicted molar refractivity (Wildman–Crippen MR) is 100 cm³/mol. The van der Waals surface area contributed by atoms with E-state index in [9.17, 15) is 14.0 Å². The molecule has 0 unspecified atom stereocenters. The highest BCUT2D eigenvalue weighted by molar-refractivity contribution is 8.00. The highest BCUT2D eigenvalue weighted by atomic mass is 32.2. The Morgan fingerprint density at radius 3 is 2.56 bits per heavy atom. The zero-order valence-electron chi connectivity index (χ0n) is 13.1. The number of nitrogens with one attached hydrogen (secondary N) is 1. The first-order valence-electron chi connectivity index (χ1n) is 7.48. The Bertz CT molecular complexity index is 877. The monoisotopic (exact) mass is 371 g/mol. The molecule has 0 aliphatic carbocycles. The van der Waals surface area contributed by atoms with Crippen LogP contribution in [-0.2, 0) is 0 Å². The molecule has 1 N–H and O–H groups in total. The molecule has 0 saturated carbocycles. The van der Waals surface area contributed by atoms with E-state index in [1.807, 2.05) is 35.7 Å². The number of rotatable bonds is 6. The number of ketones is 1. The van der Waals surface area contributed by atoms with Crippen LogP contribution in [0.5, 0.6) is 0 Å². The Kier molecular flexibility index (Phi) is 5.63. The van der Waals surface area contributed by atoms with Crippen LogP contribution in [0.1, 0.15) is 20.0 Å². The van der Waals surface area contributed by atoms with Gasteiger partial charge in [0.05, 0.1) is 10.6 Å². The molecule has 0 radical (unpaired) electrons. The lowest BCUT2D eigenvalue weighted by molar-refractivity contribution is 0.101. The molecule has 25 heavy (non-hydrogen) atoms. The molecule has 0 fully saturated rings. The van der Waals surface area contributed by atoms with Gasteiger partial charge in [-0.3, -0.25) is 9.59 Å². The summed E-state index contributed by atoms with van der Waals surface area (Å²) < 4.78 is 12.9. The second-order valence-electron chi connectivity index (χ2n) is 5.18. The lowest BCUT2D eigenvalue weighted by atomic mass is 10.2. The van der Waals surface area contributed by atoms with E-state index in [4.69, 9.17) is 0 Å². The highest BCUT2D eigenvalue weighted by Crippen LogP contribution is 2.24. The van der Waals surface area contributed by atoms with E-state index in [0.29, 0.717) is 17.0 Å². The number of hydrogen-bond donors (Lipinski definition) is 1. The molecule has 1 aromatic heterocycles. The van der Waals surface area contributed by atoms with Gasteiger partial charge in [-0.25, -0.2) is 4.39 Å². The molecular weight excluding hydrogens is 357 g/mol. The average molecular weight is 371 g/mol. The van der Waals surface area contributed by atoms with E-state index in [1.54, 1.807) is 6.07 Å². The topological polar surface area (TPSA) is 46.2 Å². The Balaban J connectivity index is 1.62. The highest BCUT2D eigenvalue weighted by Gasteiger charge is 2.09. The fourth-order valence-electron chi connectivity index (χ4n) is 2.13. The van der Waals surface area contributed by atoms with Crippen molar-refractivity contribution >= 4 is 40.5 Å². The fourth-order valence-corrected chi connectivity index (χ4v) is 3.72. The van der Waals surface area contributed by atoms with E-state index >= 15 is 0 Å². The van der Waals surface area contributed by atoms with E-state index in [-0.39, 0.29) is 17.5 Å². The van der Waals surface area contributed by atoms with Gasteiger partial charge in [-0.1, -0.05) is 12.1 Å². The van der Waals surface area contributed by atoms with Crippen LogP contribution in [0, 0.1) is 5.82 Å². The van der Waals surface area contributed by atoms with Crippen LogP contribution in [-0.4, -0.2) is 17.4 Å². The summed E-state index contributed by atoms with van der Waals surface area (Å²) >= 11 is 2.85. The largest absolute Gasteiger partial charge is 0.322 e. The maximum Gasteiger partial charge on any atom is 0.255 e. The number of carbonyl (C=O) groups is 2. The lowest BCUT2D eigenvalue weighted by Gasteiger charge is -2.07. The Morgan fingerprint density at radius 1 is 1.04 bits per heavy atom. The van der Waals surface area contributed by atoms with Crippen molar-refractivity contribution in [3.8, 4) is 0 Å². The van der Waals surface area contributed by atoms with Gasteiger partial charge < -0.3 is 5.32 Å². The van der Waals surface area contributed by atoms with Gasteiger partial charge in [-0.05, 0) is 53.9 Å². The van der Waals surface area contributed by atoms with Crippen molar-refractivity contribution in [2.75, 3.05) is 11.1 Å². The van der Waals surface area contributed by atoms with Gasteiger partial charge in [-0.2, -0.15) is 0 Å². The molecule has 2 aromatic carbocycles. The zero-order chi connectivity index (χ0) is 17.6. The van der Waals surface area contributed by atoms with Crippen LogP contribution < -0.4 is 5.32 Å². The summed E-state index contributed by atoms with van der Waals surface area (Å²) in [5.41, 5.74) is 1.01. The van der Waals surface area contributed by atoms with Crippen molar-refractivity contribution < 1.29 is 14.0 Å². The third-order valence-corrected chi connectivity index (χ3v) is 5.27. The standard InChI is InChI=1S/C19H14FNO2S2/c20-14-8-6-13(7-9-14)19(23)21-15-3-1-4-16(11-15)25-12-17(22)18-5-2-10-24-18/h1-11H,12H2,(H,21,23). The van der Waals surface area contributed by atoms with Crippen molar-refractivity contribution in [2.45, 2.75) is 4.90 Å². The number of amides is 1. The van der Waals surface area contributed by atoms with E-state index in [2.05, 4.69) is 5.32 Å². The summed E-state index contributed by atoms with van der Waals surface area (Å²) in [6, 6.07) is 16.3. The van der Waals surface area contributed by atoms with Gasteiger partial charge in [0.2, 0.25) is 0 Å². The smallest absolute Gasteiger partial charge is 0.255 e. The summed E-state index contributed by atoms with van der Waals surface area (Å²) in [6.07, 6.45) is 0. The van der Waals surface area contributed by atoms with Crippen molar-refractivity contribution in [3.63, 3.8) is 0 Å². The molecule has 3 aromatic rings. The summed E-state index contributed by atoms with van der Waals surface area (Å²) in [5, 5.41) is 4.65. The Morgan fingerprint density at radius 2 is 1.84 bits per heavy atom. The van der Waals surface area contributed by atoms with Crippen molar-refractivity contribution in [2.24, 2.45) is 0 Å². The minimum atomic E-state index is -0.384. The summed E-state index contributed by atoms with van der Waals surface area (Å²) in [4.78, 5) is 25.8. The maximum absolute atomic E-state index is 12.9. The third kappa shape index (κ3) is 4.78. The van der Waals surface area contributed by atoms with E-state index in [0.717, 1.165) is 9.77 Å². The molecule has 3 rings (SSSR count). The molecule has 6 heteroatoms. The fraction of sp³-hybridized carbons (Fsp3) is 0.0526. The second-order valence-corrected chi connectivity index (χ2v) is 7.17. The first-order valence-corrected chi connectivity index (χ1v) is 9.35. The first kappa shape index (κ1) is 17.4. The van der Waals surface area contributed by atoms with Gasteiger partial charge in [-0.15, -0.1) is 23.1 Å². The number of anilines is 1. The molecule has 0 aliphatic rings. The van der Waals surface area contributed by atoms with Gasteiger partial charge >= 0.3 is 0 Å². The molecule has 1 heterocycles. The van der Waals surface area contributed by atoms with Crippen LogP contribution in [0.15, 0.2) is 70.9 Å². The van der Waals surface area contributed by atoms with Crippen molar-refractivity contribution in [1.29, 1.82) is 0 Å². The Hall–Kier alpha value is -2.44. The normalized spacial score (nSPS) is 10.4. The molecule has 0 saturated heterocycles. The Labute approximate surface area is 152 Å². The van der Waals surface area contributed by atoms with E-state index in [1.165, 1.54) is 47.4 Å². The molecule has 0 spiro atoms. The molecule has 0 bridgehead atoms.